The van der Waals surface area contributed by atoms with E-state index in [0.29, 0.717) is 25.9 Å². The molecule has 6 heteroatoms. The molecule has 0 fully saturated rings. The van der Waals surface area contributed by atoms with Crippen LogP contribution in [0.2, 0.25) is 0 Å². The molecule has 0 aliphatic heterocycles. The Hall–Kier alpha value is -1.14. The Kier molecular flexibility index (Phi) is 43.6. The second-order valence-corrected chi connectivity index (χ2v) is 16.8. The Morgan fingerprint density at radius 1 is 0.444 bits per heavy atom. The summed E-state index contributed by atoms with van der Waals surface area (Å²) in [5.41, 5.74) is 0. The molecule has 0 heterocycles. The van der Waals surface area contributed by atoms with Gasteiger partial charge in [0.1, 0.15) is 0 Å². The van der Waals surface area contributed by atoms with Gasteiger partial charge in [-0.05, 0) is 25.7 Å². The zero-order chi connectivity index (χ0) is 39.4. The summed E-state index contributed by atoms with van der Waals surface area (Å²) in [6.07, 6.45) is 47.8. The van der Waals surface area contributed by atoms with Crippen LogP contribution in [0.4, 0.5) is 0 Å². The summed E-state index contributed by atoms with van der Waals surface area (Å²) in [7, 11) is 0. The molecule has 6 nitrogen and oxygen atoms in total. The van der Waals surface area contributed by atoms with E-state index in [1.807, 2.05) is 0 Å². The molecule has 0 saturated carbocycles. The number of rotatable bonds is 45. The summed E-state index contributed by atoms with van der Waals surface area (Å²) in [6.45, 7) is 4.88. The first-order chi connectivity index (χ1) is 26.5. The molecule has 3 N–H and O–H groups in total. The largest absolute Gasteiger partial charge is 0.466 e. The quantitative estimate of drug-likeness (QED) is 0.0424. The summed E-state index contributed by atoms with van der Waals surface area (Å²) in [4.78, 5) is 24.4. The fourth-order valence-electron chi connectivity index (χ4n) is 7.64. The Morgan fingerprint density at radius 3 is 1.13 bits per heavy atom. The number of hydrogen-bond donors (Lipinski definition) is 3. The molecule has 2 atom stereocenters. The van der Waals surface area contributed by atoms with Gasteiger partial charge in [-0.3, -0.25) is 9.59 Å². The molecular weight excluding hydrogens is 671 g/mol. The third-order valence-corrected chi connectivity index (χ3v) is 11.4. The molecule has 0 aromatic rings. The lowest BCUT2D eigenvalue weighted by Gasteiger charge is -2.22. The van der Waals surface area contributed by atoms with Crippen molar-refractivity contribution in [2.24, 2.45) is 0 Å². The van der Waals surface area contributed by atoms with Crippen molar-refractivity contribution in [2.75, 3.05) is 13.2 Å². The maximum atomic E-state index is 12.4. The molecule has 0 radical (unpaired) electrons. The first-order valence-electron chi connectivity index (χ1n) is 24.3. The van der Waals surface area contributed by atoms with Gasteiger partial charge in [0.15, 0.2) is 0 Å². The second kappa shape index (κ2) is 44.6. The molecule has 2 unspecified atom stereocenters. The number of amides is 1. The number of nitrogens with one attached hydrogen (secondary N) is 1. The van der Waals surface area contributed by atoms with Crippen LogP contribution in [-0.2, 0) is 14.3 Å². The smallest absolute Gasteiger partial charge is 0.305 e. The maximum absolute atomic E-state index is 12.4. The van der Waals surface area contributed by atoms with Crippen LogP contribution in [0.25, 0.3) is 0 Å². The lowest BCUT2D eigenvalue weighted by atomic mass is 10.0. The van der Waals surface area contributed by atoms with Crippen LogP contribution in [-0.4, -0.2) is 47.4 Å². The zero-order valence-electron chi connectivity index (χ0n) is 36.5. The van der Waals surface area contributed by atoms with Gasteiger partial charge in [0, 0.05) is 12.8 Å². The summed E-state index contributed by atoms with van der Waals surface area (Å²) < 4.78 is 5.46. The van der Waals surface area contributed by atoms with E-state index >= 15 is 0 Å². The van der Waals surface area contributed by atoms with Crippen LogP contribution in [0.3, 0.4) is 0 Å². The fraction of sp³-hybridized carbons (Fsp3) is 0.958. The topological polar surface area (TPSA) is 95.9 Å². The lowest BCUT2D eigenvalue weighted by Crippen LogP contribution is -2.45. The molecule has 0 rings (SSSR count). The van der Waals surface area contributed by atoms with Gasteiger partial charge in [0.25, 0.3) is 0 Å². The van der Waals surface area contributed by atoms with Gasteiger partial charge in [0.2, 0.25) is 5.91 Å². The highest BCUT2D eigenvalue weighted by Crippen LogP contribution is 2.16. The van der Waals surface area contributed by atoms with Crippen LogP contribution in [0, 0.1) is 0 Å². The number of ether oxygens (including phenoxy) is 1. The van der Waals surface area contributed by atoms with E-state index in [1.54, 1.807) is 0 Å². The summed E-state index contributed by atoms with van der Waals surface area (Å²) in [5, 5.41) is 23.1. The Balaban J connectivity index is 3.43. The zero-order valence-corrected chi connectivity index (χ0v) is 36.5. The minimum atomic E-state index is -0.677. The van der Waals surface area contributed by atoms with E-state index in [-0.39, 0.29) is 18.5 Å². The van der Waals surface area contributed by atoms with Crippen LogP contribution in [0.5, 0.6) is 0 Å². The number of aliphatic hydroxyl groups is 2. The van der Waals surface area contributed by atoms with Gasteiger partial charge in [-0.2, -0.15) is 0 Å². The van der Waals surface area contributed by atoms with E-state index in [0.717, 1.165) is 57.8 Å². The highest BCUT2D eigenvalue weighted by molar-refractivity contribution is 5.76. The van der Waals surface area contributed by atoms with E-state index in [1.165, 1.54) is 180 Å². The molecule has 322 valence electrons. The predicted octanol–water partition coefficient (Wildman–Crippen LogP) is 14.0. The van der Waals surface area contributed by atoms with Crippen molar-refractivity contribution in [2.45, 2.75) is 283 Å². The molecule has 0 aromatic heterocycles. The number of carbonyl (C=O) groups excluding carboxylic acids is 2. The molecule has 0 aliphatic rings. The summed E-state index contributed by atoms with van der Waals surface area (Å²) >= 11 is 0. The van der Waals surface area contributed by atoms with Gasteiger partial charge < -0.3 is 20.3 Å². The van der Waals surface area contributed by atoms with Gasteiger partial charge in [-0.1, -0.05) is 232 Å². The minimum absolute atomic E-state index is 0.0208. The first kappa shape index (κ1) is 52.9. The molecule has 0 spiro atoms. The van der Waals surface area contributed by atoms with E-state index < -0.39 is 12.1 Å². The predicted molar refractivity (Wildman–Crippen MR) is 232 cm³/mol. The normalized spacial score (nSPS) is 12.6. The SMILES string of the molecule is CCCCCCCCCCCCCCCCCCCCC(=O)OCCCCCCCCCCCC(=O)NC(CO)C(O)CCCCCCCCCCCC. The van der Waals surface area contributed by atoms with Crippen molar-refractivity contribution in [3.8, 4) is 0 Å². The average Bonchev–Trinajstić information content (AvgIpc) is 3.17. The van der Waals surface area contributed by atoms with Crippen molar-refractivity contribution in [1.29, 1.82) is 0 Å². The lowest BCUT2D eigenvalue weighted by molar-refractivity contribution is -0.143. The number of hydrogen-bond acceptors (Lipinski definition) is 5. The molecule has 0 saturated heterocycles. The molecule has 0 bridgehead atoms. The van der Waals surface area contributed by atoms with Gasteiger partial charge in [-0.25, -0.2) is 0 Å². The number of carbonyl (C=O) groups is 2. The van der Waals surface area contributed by atoms with Crippen LogP contribution in [0.1, 0.15) is 271 Å². The molecule has 0 aromatic carbocycles. The van der Waals surface area contributed by atoms with E-state index in [9.17, 15) is 19.8 Å². The van der Waals surface area contributed by atoms with E-state index in [2.05, 4.69) is 19.2 Å². The van der Waals surface area contributed by atoms with Crippen molar-refractivity contribution >= 4 is 11.9 Å². The number of esters is 1. The minimum Gasteiger partial charge on any atom is -0.466 e. The average molecular weight is 766 g/mol. The van der Waals surface area contributed by atoms with Crippen LogP contribution < -0.4 is 5.32 Å². The Bertz CT molecular complexity index is 761. The monoisotopic (exact) mass is 766 g/mol. The summed E-state index contributed by atoms with van der Waals surface area (Å²) in [6, 6.07) is -0.557. The Labute approximate surface area is 336 Å². The first-order valence-corrected chi connectivity index (χ1v) is 24.3. The summed E-state index contributed by atoms with van der Waals surface area (Å²) in [5.74, 6) is -0.0835. The highest BCUT2D eigenvalue weighted by Gasteiger charge is 2.20. The van der Waals surface area contributed by atoms with Gasteiger partial charge in [-0.15, -0.1) is 0 Å². The molecular formula is C48H95NO5. The second-order valence-electron chi connectivity index (χ2n) is 16.8. The third kappa shape index (κ3) is 40.5. The number of aliphatic hydroxyl groups excluding tert-OH is 2. The van der Waals surface area contributed by atoms with Gasteiger partial charge >= 0.3 is 5.97 Å². The van der Waals surface area contributed by atoms with Crippen molar-refractivity contribution in [3.63, 3.8) is 0 Å². The molecule has 1 amide bonds. The van der Waals surface area contributed by atoms with Crippen LogP contribution >= 0.6 is 0 Å². The van der Waals surface area contributed by atoms with Crippen molar-refractivity contribution < 1.29 is 24.5 Å². The number of unbranched alkanes of at least 4 members (excludes halogenated alkanes) is 34. The standard InChI is InChI=1S/C48H95NO5/c1-3-5-7-9-11-13-15-16-17-18-19-20-21-22-26-30-34-38-42-48(53)54-43-39-35-31-27-23-25-29-33-37-41-47(52)49-45(44-50)46(51)40-36-32-28-24-14-12-10-8-6-4-2/h45-46,50-51H,3-44H2,1-2H3,(H,49,52). The van der Waals surface area contributed by atoms with Gasteiger partial charge in [0.05, 0.1) is 25.4 Å². The molecule has 0 aliphatic carbocycles. The van der Waals surface area contributed by atoms with Crippen molar-refractivity contribution in [3.05, 3.63) is 0 Å². The van der Waals surface area contributed by atoms with E-state index in [4.69, 9.17) is 4.74 Å². The van der Waals surface area contributed by atoms with Crippen molar-refractivity contribution in [1.82, 2.24) is 5.32 Å². The molecule has 54 heavy (non-hydrogen) atoms. The third-order valence-electron chi connectivity index (χ3n) is 11.4. The highest BCUT2D eigenvalue weighted by atomic mass is 16.5. The maximum Gasteiger partial charge on any atom is 0.305 e. The van der Waals surface area contributed by atoms with Crippen LogP contribution in [0.15, 0.2) is 0 Å². The Morgan fingerprint density at radius 2 is 0.759 bits per heavy atom. The fourth-order valence-corrected chi connectivity index (χ4v) is 7.64.